The molecule has 0 saturated carbocycles. The molecule has 0 aliphatic rings. The van der Waals surface area contributed by atoms with Gasteiger partial charge in [0.15, 0.2) is 5.69 Å². The van der Waals surface area contributed by atoms with Crippen LogP contribution in [0.2, 0.25) is 0 Å². The summed E-state index contributed by atoms with van der Waals surface area (Å²) in [6, 6.07) is 0.622. The number of halogens is 6. The highest BCUT2D eigenvalue weighted by atomic mass is 19.4. The lowest BCUT2D eigenvalue weighted by Gasteiger charge is -2.08. The second kappa shape index (κ2) is 4.86. The predicted molar refractivity (Wildman–Crippen MR) is 46.3 cm³/mol. The van der Waals surface area contributed by atoms with E-state index in [2.05, 4.69) is 5.10 Å². The number of carbonyl (C=O) groups excluding carboxylic acids is 1. The number of nitrogens with zero attached hydrogens (tertiary/aromatic N) is 2. The molecule has 0 spiro atoms. The maximum Gasteiger partial charge on any atom is 0.435 e. The van der Waals surface area contributed by atoms with Crippen molar-refractivity contribution in [2.75, 3.05) is 6.54 Å². The molecular weight excluding hydrogens is 268 g/mol. The van der Waals surface area contributed by atoms with Gasteiger partial charge in [-0.25, -0.2) is 0 Å². The van der Waals surface area contributed by atoms with Gasteiger partial charge in [-0.15, -0.1) is 0 Å². The second-order valence-electron chi connectivity index (χ2n) is 3.29. The van der Waals surface area contributed by atoms with Crippen LogP contribution in [0.25, 0.3) is 0 Å². The maximum absolute atomic E-state index is 12.1. The van der Waals surface area contributed by atoms with Crippen molar-refractivity contribution in [3.05, 3.63) is 18.0 Å². The van der Waals surface area contributed by atoms with Crippen molar-refractivity contribution in [2.45, 2.75) is 18.9 Å². The minimum absolute atomic E-state index is 0.606. The minimum atomic E-state index is -4.66. The highest BCUT2D eigenvalue weighted by molar-refractivity contribution is 5.75. The monoisotopic (exact) mass is 275 g/mol. The predicted octanol–water partition coefficient (Wildman–Crippen LogP) is 1.58. The third-order valence-electron chi connectivity index (χ3n) is 1.72. The van der Waals surface area contributed by atoms with E-state index < -0.39 is 37.0 Å². The van der Waals surface area contributed by atoms with Gasteiger partial charge in [-0.1, -0.05) is 0 Å². The van der Waals surface area contributed by atoms with E-state index in [0.29, 0.717) is 10.7 Å². The summed E-state index contributed by atoms with van der Waals surface area (Å²) in [5.41, 5.74) is -1.22. The van der Waals surface area contributed by atoms with Crippen molar-refractivity contribution in [3.8, 4) is 0 Å². The number of hydrogen-bond acceptors (Lipinski definition) is 2. The second-order valence-corrected chi connectivity index (χ2v) is 3.29. The molecule has 0 aliphatic carbocycles. The zero-order valence-electron chi connectivity index (χ0n) is 8.64. The van der Waals surface area contributed by atoms with Crippen molar-refractivity contribution in [1.29, 1.82) is 0 Å². The van der Waals surface area contributed by atoms with Gasteiger partial charge in [0, 0.05) is 6.20 Å². The van der Waals surface area contributed by atoms with E-state index in [0.717, 1.165) is 6.20 Å². The summed E-state index contributed by atoms with van der Waals surface area (Å²) in [5.74, 6) is -1.08. The molecule has 1 aromatic heterocycles. The van der Waals surface area contributed by atoms with Gasteiger partial charge in [-0.3, -0.25) is 9.48 Å². The smallest absolute Gasteiger partial charge is 0.345 e. The normalized spacial score (nSPS) is 12.6. The quantitative estimate of drug-likeness (QED) is 0.851. The van der Waals surface area contributed by atoms with E-state index in [1.807, 2.05) is 0 Å². The van der Waals surface area contributed by atoms with Gasteiger partial charge in [-0.2, -0.15) is 31.4 Å². The molecule has 0 aromatic carbocycles. The lowest BCUT2D eigenvalue weighted by molar-refractivity contribution is -0.142. The van der Waals surface area contributed by atoms with Crippen LogP contribution in [0.4, 0.5) is 26.3 Å². The molecule has 1 heterocycles. The molecule has 0 unspecified atom stereocenters. The van der Waals surface area contributed by atoms with Gasteiger partial charge in [-0.05, 0) is 6.07 Å². The fourth-order valence-electron chi connectivity index (χ4n) is 1.00. The van der Waals surface area contributed by atoms with Crippen molar-refractivity contribution < 1.29 is 31.1 Å². The molecule has 1 aromatic rings. The van der Waals surface area contributed by atoms with E-state index in [4.69, 9.17) is 0 Å². The third kappa shape index (κ3) is 4.63. The van der Waals surface area contributed by atoms with Crippen molar-refractivity contribution in [1.82, 2.24) is 15.1 Å². The van der Waals surface area contributed by atoms with Crippen LogP contribution >= 0.6 is 0 Å². The van der Waals surface area contributed by atoms with Gasteiger partial charge >= 0.3 is 12.4 Å². The Hall–Kier alpha value is -1.74. The number of hydrogen-bond donors (Lipinski definition) is 1. The SMILES string of the molecule is O=C(Cn1ccc(C(F)(F)F)n1)NCC(F)(F)F. The lowest BCUT2D eigenvalue weighted by atomic mass is 10.4. The van der Waals surface area contributed by atoms with Crippen molar-refractivity contribution >= 4 is 5.91 Å². The Morgan fingerprint density at radius 2 is 1.89 bits per heavy atom. The molecular formula is C8H7F6N3O. The average molecular weight is 275 g/mol. The maximum atomic E-state index is 12.1. The number of rotatable bonds is 3. The molecule has 0 fully saturated rings. The van der Waals surface area contributed by atoms with Crippen LogP contribution in [0.15, 0.2) is 12.3 Å². The molecule has 1 rings (SSSR count). The Bertz CT molecular complexity index is 421. The number of carbonyl (C=O) groups is 1. The van der Waals surface area contributed by atoms with Crippen LogP contribution in [0, 0.1) is 0 Å². The van der Waals surface area contributed by atoms with E-state index in [1.54, 1.807) is 0 Å². The van der Waals surface area contributed by atoms with Crippen molar-refractivity contribution in [3.63, 3.8) is 0 Å². The zero-order valence-corrected chi connectivity index (χ0v) is 8.64. The van der Waals surface area contributed by atoms with E-state index in [9.17, 15) is 31.1 Å². The summed E-state index contributed by atoms with van der Waals surface area (Å²) in [7, 11) is 0. The van der Waals surface area contributed by atoms with Gasteiger partial charge in [0.2, 0.25) is 5.91 Å². The Morgan fingerprint density at radius 3 is 2.33 bits per heavy atom. The summed E-state index contributed by atoms with van der Waals surface area (Å²) in [6.45, 7) is -2.26. The van der Waals surface area contributed by atoms with Gasteiger partial charge in [0.25, 0.3) is 0 Å². The fourth-order valence-corrected chi connectivity index (χ4v) is 1.00. The van der Waals surface area contributed by atoms with Crippen LogP contribution in [0.5, 0.6) is 0 Å². The molecule has 18 heavy (non-hydrogen) atoms. The van der Waals surface area contributed by atoms with E-state index in [1.165, 1.54) is 5.32 Å². The van der Waals surface area contributed by atoms with Gasteiger partial charge in [0.1, 0.15) is 13.1 Å². The molecule has 1 N–H and O–H groups in total. The number of alkyl halides is 6. The van der Waals surface area contributed by atoms with E-state index in [-0.39, 0.29) is 0 Å². The van der Waals surface area contributed by atoms with Crippen LogP contribution in [-0.2, 0) is 17.5 Å². The van der Waals surface area contributed by atoms with Crippen LogP contribution in [0.3, 0.4) is 0 Å². The molecule has 1 amide bonds. The van der Waals surface area contributed by atoms with Crippen molar-refractivity contribution in [2.24, 2.45) is 0 Å². The molecule has 0 aliphatic heterocycles. The molecule has 0 saturated heterocycles. The Morgan fingerprint density at radius 1 is 1.28 bits per heavy atom. The molecule has 4 nitrogen and oxygen atoms in total. The van der Waals surface area contributed by atoms with E-state index >= 15 is 0 Å². The Labute approximate surface area is 96.6 Å². The van der Waals surface area contributed by atoms with Crippen LogP contribution < -0.4 is 5.32 Å². The molecule has 10 heteroatoms. The summed E-state index contributed by atoms with van der Waals surface area (Å²) in [6.07, 6.45) is -8.37. The molecule has 0 radical (unpaired) electrons. The number of amides is 1. The summed E-state index contributed by atoms with van der Waals surface area (Å²) >= 11 is 0. The first kappa shape index (κ1) is 14.3. The number of aromatic nitrogens is 2. The average Bonchev–Trinajstić information content (AvgIpc) is 2.61. The zero-order chi connectivity index (χ0) is 14.0. The van der Waals surface area contributed by atoms with Gasteiger partial charge < -0.3 is 5.32 Å². The Kier molecular flexibility index (Phi) is 3.87. The fraction of sp³-hybridized carbons (Fsp3) is 0.500. The minimum Gasteiger partial charge on any atom is -0.345 e. The molecule has 0 bridgehead atoms. The number of nitrogens with one attached hydrogen (secondary N) is 1. The lowest BCUT2D eigenvalue weighted by Crippen LogP contribution is -2.35. The third-order valence-corrected chi connectivity index (χ3v) is 1.72. The highest BCUT2D eigenvalue weighted by Crippen LogP contribution is 2.27. The highest BCUT2D eigenvalue weighted by Gasteiger charge is 2.33. The first-order valence-electron chi connectivity index (χ1n) is 4.52. The topological polar surface area (TPSA) is 46.9 Å². The largest absolute Gasteiger partial charge is 0.435 e. The molecule has 102 valence electrons. The molecule has 0 atom stereocenters. The van der Waals surface area contributed by atoms with Gasteiger partial charge in [0.05, 0.1) is 0 Å². The summed E-state index contributed by atoms with van der Waals surface area (Å²) in [5, 5.41) is 4.53. The van der Waals surface area contributed by atoms with Crippen LogP contribution in [0.1, 0.15) is 5.69 Å². The van der Waals surface area contributed by atoms with Crippen LogP contribution in [-0.4, -0.2) is 28.4 Å². The first-order chi connectivity index (χ1) is 8.08. The first-order valence-corrected chi connectivity index (χ1v) is 4.52. The summed E-state index contributed by atoms with van der Waals surface area (Å²) < 4.78 is 72.1. The standard InChI is InChI=1S/C8H7F6N3O/c9-7(10,11)4-15-6(18)3-17-2-1-5(16-17)8(12,13)14/h1-2H,3-4H2,(H,15,18). The Balaban J connectivity index is 2.53. The summed E-state index contributed by atoms with van der Waals surface area (Å²) in [4.78, 5) is 11.0.